The SMILES string of the molecule is CC(C)(C)c1ccc2[n-]c3c(-c4cccc(-c5[c-]c(-c6ccccn6)ccc5)n4)cc(C(C)(C)C)cc3c2c1.[Ni+2]. The van der Waals surface area contributed by atoms with Gasteiger partial charge in [-0.15, -0.1) is 35.3 Å². The van der Waals surface area contributed by atoms with Gasteiger partial charge in [0.2, 0.25) is 0 Å². The molecule has 0 N–H and O–H groups in total. The zero-order valence-electron chi connectivity index (χ0n) is 23.8. The number of nitrogens with zero attached hydrogens (tertiary/aromatic N) is 3. The van der Waals surface area contributed by atoms with Crippen molar-refractivity contribution in [2.45, 2.75) is 52.4 Å². The Morgan fingerprint density at radius 1 is 0.625 bits per heavy atom. The first-order valence-electron chi connectivity index (χ1n) is 13.5. The van der Waals surface area contributed by atoms with Gasteiger partial charge in [-0.1, -0.05) is 107 Å². The summed E-state index contributed by atoms with van der Waals surface area (Å²) in [7, 11) is 0. The number of benzene rings is 3. The summed E-state index contributed by atoms with van der Waals surface area (Å²) in [5, 5.41) is 2.40. The fourth-order valence-corrected chi connectivity index (χ4v) is 5.05. The molecule has 0 fully saturated rings. The smallest absolute Gasteiger partial charge is 0.656 e. The van der Waals surface area contributed by atoms with Crippen molar-refractivity contribution in [3.05, 3.63) is 108 Å². The van der Waals surface area contributed by atoms with Crippen molar-refractivity contribution in [2.75, 3.05) is 0 Å². The summed E-state index contributed by atoms with van der Waals surface area (Å²) in [5.74, 6) is 0. The molecule has 0 unspecified atom stereocenters. The fourth-order valence-electron chi connectivity index (χ4n) is 5.05. The van der Waals surface area contributed by atoms with Crippen LogP contribution in [-0.2, 0) is 27.3 Å². The van der Waals surface area contributed by atoms with E-state index >= 15 is 0 Å². The van der Waals surface area contributed by atoms with Crippen LogP contribution in [-0.4, -0.2) is 9.97 Å². The summed E-state index contributed by atoms with van der Waals surface area (Å²) in [6.07, 6.45) is 1.81. The Bertz CT molecular complexity index is 1820. The maximum absolute atomic E-state index is 5.16. The normalized spacial score (nSPS) is 12.1. The summed E-state index contributed by atoms with van der Waals surface area (Å²) in [5.41, 5.74) is 10.3. The molecule has 6 rings (SSSR count). The van der Waals surface area contributed by atoms with E-state index in [-0.39, 0.29) is 27.3 Å². The molecule has 40 heavy (non-hydrogen) atoms. The standard InChI is InChI=1S/C36H33N3.Ni/c1-35(2,3)25-16-17-33-27(20-25)28-21-26(36(4,5)6)22-29(34(28)39-33)32-15-10-14-31(38-32)24-12-9-11-23(19-24)30-13-7-8-18-37-30;/h7-18,20-22H,1-6H3;/q-2;+2. The number of fused-ring (bicyclic) bond motifs is 3. The zero-order chi connectivity index (χ0) is 27.4. The van der Waals surface area contributed by atoms with Crippen molar-refractivity contribution in [1.29, 1.82) is 0 Å². The molecule has 0 aliphatic rings. The third-order valence-electron chi connectivity index (χ3n) is 7.40. The second-order valence-corrected chi connectivity index (χ2v) is 12.4. The number of rotatable bonds is 3. The van der Waals surface area contributed by atoms with Gasteiger partial charge in [-0.05, 0) is 50.4 Å². The molecule has 0 spiro atoms. The molecular weight excluding hydrogens is 533 g/mol. The first kappa shape index (κ1) is 27.8. The van der Waals surface area contributed by atoms with Gasteiger partial charge >= 0.3 is 16.5 Å². The second kappa shape index (κ2) is 10.3. The van der Waals surface area contributed by atoms with E-state index in [2.05, 4.69) is 101 Å². The topological polar surface area (TPSA) is 39.9 Å². The Balaban J connectivity index is 0.00000323. The van der Waals surface area contributed by atoms with E-state index in [1.165, 1.54) is 21.9 Å². The second-order valence-electron chi connectivity index (χ2n) is 12.4. The molecule has 0 atom stereocenters. The van der Waals surface area contributed by atoms with E-state index < -0.39 is 0 Å². The summed E-state index contributed by atoms with van der Waals surface area (Å²) in [6, 6.07) is 33.1. The summed E-state index contributed by atoms with van der Waals surface area (Å²) >= 11 is 0. The number of hydrogen-bond acceptors (Lipinski definition) is 2. The van der Waals surface area contributed by atoms with Crippen LogP contribution in [0, 0.1) is 6.07 Å². The molecule has 6 aromatic rings. The predicted octanol–water partition coefficient (Wildman–Crippen LogP) is 9.13. The monoisotopic (exact) mass is 565 g/mol. The summed E-state index contributed by atoms with van der Waals surface area (Å²) in [4.78, 5) is 14.8. The molecule has 0 saturated heterocycles. The minimum atomic E-state index is -0.0173. The van der Waals surface area contributed by atoms with E-state index in [0.717, 1.165) is 44.8 Å². The molecule has 4 heteroatoms. The van der Waals surface area contributed by atoms with E-state index in [4.69, 9.17) is 9.97 Å². The molecule has 3 nitrogen and oxygen atoms in total. The molecule has 0 bridgehead atoms. The summed E-state index contributed by atoms with van der Waals surface area (Å²) < 4.78 is 0. The quantitative estimate of drug-likeness (QED) is 0.158. The molecule has 0 radical (unpaired) electrons. The van der Waals surface area contributed by atoms with E-state index in [9.17, 15) is 0 Å². The third kappa shape index (κ3) is 5.21. The molecule has 0 amide bonds. The number of aromatic nitrogens is 3. The maximum atomic E-state index is 5.16. The van der Waals surface area contributed by atoms with Crippen LogP contribution in [0.1, 0.15) is 52.7 Å². The van der Waals surface area contributed by atoms with Gasteiger partial charge in [0, 0.05) is 17.6 Å². The van der Waals surface area contributed by atoms with Gasteiger partial charge in [-0.3, -0.25) is 9.97 Å². The van der Waals surface area contributed by atoms with Crippen LogP contribution in [0.15, 0.2) is 91.1 Å². The van der Waals surface area contributed by atoms with Crippen LogP contribution in [0.4, 0.5) is 0 Å². The van der Waals surface area contributed by atoms with Crippen molar-refractivity contribution in [3.63, 3.8) is 0 Å². The molecule has 3 aromatic carbocycles. The van der Waals surface area contributed by atoms with Crippen molar-refractivity contribution >= 4 is 21.8 Å². The Hall–Kier alpha value is -3.75. The van der Waals surface area contributed by atoms with Gasteiger partial charge in [0.05, 0.1) is 5.69 Å². The van der Waals surface area contributed by atoms with Crippen LogP contribution in [0.5, 0.6) is 0 Å². The van der Waals surface area contributed by atoms with Crippen molar-refractivity contribution < 1.29 is 16.5 Å². The van der Waals surface area contributed by atoms with Gasteiger partial charge in [0.25, 0.3) is 0 Å². The average molecular weight is 566 g/mol. The molecule has 3 aromatic heterocycles. The van der Waals surface area contributed by atoms with Crippen molar-refractivity contribution in [1.82, 2.24) is 15.0 Å². The van der Waals surface area contributed by atoms with Gasteiger partial charge in [-0.2, -0.15) is 0 Å². The summed E-state index contributed by atoms with van der Waals surface area (Å²) in [6.45, 7) is 13.6. The van der Waals surface area contributed by atoms with Gasteiger partial charge in [0.15, 0.2) is 0 Å². The molecule has 202 valence electrons. The van der Waals surface area contributed by atoms with Crippen LogP contribution >= 0.6 is 0 Å². The maximum Gasteiger partial charge on any atom is 2.00 e. The van der Waals surface area contributed by atoms with Crippen LogP contribution < -0.4 is 4.98 Å². The predicted molar refractivity (Wildman–Crippen MR) is 163 cm³/mol. The van der Waals surface area contributed by atoms with Gasteiger partial charge < -0.3 is 4.98 Å². The minimum absolute atomic E-state index is 0. The van der Waals surface area contributed by atoms with E-state index in [1.54, 1.807) is 0 Å². The number of pyridine rings is 2. The number of hydrogen-bond donors (Lipinski definition) is 0. The Kier molecular flexibility index (Phi) is 7.19. The van der Waals surface area contributed by atoms with E-state index in [1.807, 2.05) is 42.6 Å². The molecule has 0 aliphatic heterocycles. The average Bonchev–Trinajstić information content (AvgIpc) is 3.30. The largest absolute Gasteiger partial charge is 2.00 e. The fraction of sp³-hybridized carbons (Fsp3) is 0.222. The van der Waals surface area contributed by atoms with Gasteiger partial charge in [0.1, 0.15) is 0 Å². The van der Waals surface area contributed by atoms with Crippen molar-refractivity contribution in [3.8, 4) is 33.8 Å². The molecule has 0 aliphatic carbocycles. The Morgan fingerprint density at radius 2 is 1.27 bits per heavy atom. The first-order chi connectivity index (χ1) is 18.6. The van der Waals surface area contributed by atoms with Crippen LogP contribution in [0.2, 0.25) is 0 Å². The molecule has 0 saturated carbocycles. The first-order valence-corrected chi connectivity index (χ1v) is 13.5. The van der Waals surface area contributed by atoms with Crippen molar-refractivity contribution in [2.24, 2.45) is 0 Å². The van der Waals surface area contributed by atoms with Crippen LogP contribution in [0.25, 0.3) is 55.6 Å². The Morgan fingerprint density at radius 3 is 1.98 bits per heavy atom. The van der Waals surface area contributed by atoms with Gasteiger partial charge in [-0.25, -0.2) is 0 Å². The third-order valence-corrected chi connectivity index (χ3v) is 7.40. The molecular formula is C36H33N3Ni. The van der Waals surface area contributed by atoms with E-state index in [0.29, 0.717) is 0 Å². The minimum Gasteiger partial charge on any atom is -0.656 e. The van der Waals surface area contributed by atoms with Crippen LogP contribution in [0.3, 0.4) is 0 Å². The Labute approximate surface area is 247 Å². The zero-order valence-corrected chi connectivity index (χ0v) is 24.8. The molecule has 3 heterocycles.